The minimum Gasteiger partial charge on any atom is -0.494 e. The van der Waals surface area contributed by atoms with Crippen LogP contribution in [0.5, 0.6) is 11.5 Å². The van der Waals surface area contributed by atoms with Crippen LogP contribution in [0, 0.1) is 5.92 Å². The number of ketones is 2. The van der Waals surface area contributed by atoms with E-state index in [1.807, 2.05) is 31.2 Å². The molecule has 1 aliphatic heterocycles. The lowest BCUT2D eigenvalue weighted by molar-refractivity contribution is -0.141. The Bertz CT molecular complexity index is 1170. The largest absolute Gasteiger partial charge is 0.494 e. The summed E-state index contributed by atoms with van der Waals surface area (Å²) < 4.78 is 16.7. The highest BCUT2D eigenvalue weighted by Gasteiger charge is 2.51. The van der Waals surface area contributed by atoms with Gasteiger partial charge in [-0.15, -0.1) is 0 Å². The topological polar surface area (TPSA) is 86.0 Å². The fraction of sp³-hybridized carbons (Fsp3) is 0.345. The lowest BCUT2D eigenvalue weighted by Crippen LogP contribution is -2.30. The van der Waals surface area contributed by atoms with Gasteiger partial charge >= 0.3 is 0 Å². The van der Waals surface area contributed by atoms with E-state index >= 15 is 0 Å². The molecule has 2 heterocycles. The number of carbonyl (C=O) groups is 3. The second-order valence-electron chi connectivity index (χ2n) is 8.75. The predicted molar refractivity (Wildman–Crippen MR) is 134 cm³/mol. The molecule has 1 fully saturated rings. The molecule has 0 saturated carbocycles. The molecule has 0 N–H and O–H groups in total. The van der Waals surface area contributed by atoms with Crippen LogP contribution in [0.15, 0.2) is 71.3 Å². The molecule has 7 nitrogen and oxygen atoms in total. The van der Waals surface area contributed by atoms with E-state index in [1.54, 1.807) is 36.4 Å². The lowest BCUT2D eigenvalue weighted by atomic mass is 9.86. The molecule has 0 radical (unpaired) electrons. The van der Waals surface area contributed by atoms with Crippen LogP contribution >= 0.6 is 0 Å². The maximum atomic E-state index is 13.6. The van der Waals surface area contributed by atoms with Crippen molar-refractivity contribution in [1.29, 1.82) is 0 Å². The molecule has 0 aliphatic carbocycles. The van der Waals surface area contributed by atoms with Crippen LogP contribution in [0.3, 0.4) is 0 Å². The molecule has 2 unspecified atom stereocenters. The Hall–Kier alpha value is -3.87. The minimum absolute atomic E-state index is 0.0879. The van der Waals surface area contributed by atoms with Gasteiger partial charge in [-0.1, -0.05) is 31.9 Å². The molecule has 1 aliphatic rings. The van der Waals surface area contributed by atoms with Gasteiger partial charge in [0.2, 0.25) is 5.78 Å². The molecule has 4 rings (SSSR count). The van der Waals surface area contributed by atoms with Crippen molar-refractivity contribution in [2.45, 2.75) is 45.7 Å². The first-order valence-electron chi connectivity index (χ1n) is 12.4. The SMILES string of the molecule is CCCCCOc1ccc(C2C(C(=O)c3ccc(OCC)cc3)C(=O)C(=O)N2Cc2ccco2)cc1. The van der Waals surface area contributed by atoms with Gasteiger partial charge in [0.05, 0.1) is 32.1 Å². The van der Waals surface area contributed by atoms with Gasteiger partial charge in [0.25, 0.3) is 5.91 Å². The number of hydrogen-bond acceptors (Lipinski definition) is 6. The van der Waals surface area contributed by atoms with E-state index in [-0.39, 0.29) is 6.54 Å². The van der Waals surface area contributed by atoms with Crippen molar-refractivity contribution in [2.24, 2.45) is 5.92 Å². The fourth-order valence-electron chi connectivity index (χ4n) is 4.46. The van der Waals surface area contributed by atoms with E-state index in [0.717, 1.165) is 19.3 Å². The van der Waals surface area contributed by atoms with Crippen LogP contribution in [-0.4, -0.2) is 35.6 Å². The van der Waals surface area contributed by atoms with Gasteiger partial charge in [0, 0.05) is 5.56 Å². The van der Waals surface area contributed by atoms with Gasteiger partial charge in [0.1, 0.15) is 23.2 Å². The molecule has 188 valence electrons. The van der Waals surface area contributed by atoms with Gasteiger partial charge < -0.3 is 18.8 Å². The number of Topliss-reactive ketones (excluding diaryl/α,β-unsaturated/α-hetero) is 2. The average molecular weight is 490 g/mol. The number of unbranched alkanes of at least 4 members (excludes halogenated alkanes) is 2. The third-order valence-corrected chi connectivity index (χ3v) is 6.28. The molecular formula is C29H31NO6. The monoisotopic (exact) mass is 489 g/mol. The van der Waals surface area contributed by atoms with Crippen molar-refractivity contribution >= 4 is 17.5 Å². The molecule has 1 amide bonds. The summed E-state index contributed by atoms with van der Waals surface area (Å²) in [7, 11) is 0. The Balaban J connectivity index is 1.63. The maximum Gasteiger partial charge on any atom is 0.291 e. The lowest BCUT2D eigenvalue weighted by Gasteiger charge is -2.26. The van der Waals surface area contributed by atoms with E-state index in [9.17, 15) is 14.4 Å². The number of hydrogen-bond donors (Lipinski definition) is 0. The summed E-state index contributed by atoms with van der Waals surface area (Å²) in [5.41, 5.74) is 1.04. The van der Waals surface area contributed by atoms with Crippen molar-refractivity contribution in [3.05, 3.63) is 83.8 Å². The number of amides is 1. The first kappa shape index (κ1) is 25.2. The Morgan fingerprint density at radius 2 is 1.61 bits per heavy atom. The Morgan fingerprint density at radius 1 is 0.917 bits per heavy atom. The summed E-state index contributed by atoms with van der Waals surface area (Å²) in [5.74, 6) is -1.10. The number of ether oxygens (including phenoxy) is 2. The molecule has 1 aromatic heterocycles. The molecule has 2 atom stereocenters. The van der Waals surface area contributed by atoms with Crippen molar-refractivity contribution in [1.82, 2.24) is 4.90 Å². The number of furan rings is 1. The van der Waals surface area contributed by atoms with Crippen molar-refractivity contribution in [3.63, 3.8) is 0 Å². The third-order valence-electron chi connectivity index (χ3n) is 6.28. The van der Waals surface area contributed by atoms with Crippen LogP contribution in [0.4, 0.5) is 0 Å². The molecular weight excluding hydrogens is 458 g/mol. The van der Waals surface area contributed by atoms with Crippen molar-refractivity contribution in [2.75, 3.05) is 13.2 Å². The molecule has 3 aromatic rings. The van der Waals surface area contributed by atoms with Crippen LogP contribution < -0.4 is 9.47 Å². The number of likely N-dealkylation sites (tertiary alicyclic amines) is 1. The van der Waals surface area contributed by atoms with Gasteiger partial charge in [-0.25, -0.2) is 0 Å². The van der Waals surface area contributed by atoms with Crippen molar-refractivity contribution < 1.29 is 28.3 Å². The molecule has 7 heteroatoms. The van der Waals surface area contributed by atoms with E-state index < -0.39 is 29.4 Å². The fourth-order valence-corrected chi connectivity index (χ4v) is 4.46. The Kier molecular flexibility index (Phi) is 8.21. The van der Waals surface area contributed by atoms with Gasteiger partial charge in [-0.3, -0.25) is 14.4 Å². The summed E-state index contributed by atoms with van der Waals surface area (Å²) in [6, 6.07) is 16.6. The highest BCUT2D eigenvalue weighted by molar-refractivity contribution is 6.44. The third kappa shape index (κ3) is 5.51. The predicted octanol–water partition coefficient (Wildman–Crippen LogP) is 5.40. The van der Waals surface area contributed by atoms with Crippen LogP contribution in [0.1, 0.15) is 60.8 Å². The first-order valence-corrected chi connectivity index (χ1v) is 12.4. The highest BCUT2D eigenvalue weighted by atomic mass is 16.5. The summed E-state index contributed by atoms with van der Waals surface area (Å²) in [4.78, 5) is 41.3. The zero-order valence-electron chi connectivity index (χ0n) is 20.6. The first-order chi connectivity index (χ1) is 17.5. The van der Waals surface area contributed by atoms with E-state index in [1.165, 1.54) is 11.2 Å². The second-order valence-corrected chi connectivity index (χ2v) is 8.75. The van der Waals surface area contributed by atoms with Gasteiger partial charge in [0.15, 0.2) is 5.78 Å². The van der Waals surface area contributed by atoms with Crippen LogP contribution in [0.2, 0.25) is 0 Å². The molecule has 1 saturated heterocycles. The summed E-state index contributed by atoms with van der Waals surface area (Å²) >= 11 is 0. The number of nitrogens with zero attached hydrogens (tertiary/aromatic N) is 1. The summed E-state index contributed by atoms with van der Waals surface area (Å²) in [6.45, 7) is 5.23. The number of benzene rings is 2. The molecule has 36 heavy (non-hydrogen) atoms. The van der Waals surface area contributed by atoms with Crippen LogP contribution in [-0.2, 0) is 16.1 Å². The Morgan fingerprint density at radius 3 is 2.25 bits per heavy atom. The van der Waals surface area contributed by atoms with Crippen LogP contribution in [0.25, 0.3) is 0 Å². The molecule has 2 aromatic carbocycles. The minimum atomic E-state index is -1.17. The Labute approximate surface area is 211 Å². The van der Waals surface area contributed by atoms with Crippen molar-refractivity contribution in [3.8, 4) is 11.5 Å². The average Bonchev–Trinajstić information content (AvgIpc) is 3.50. The second kappa shape index (κ2) is 11.7. The number of rotatable bonds is 12. The van der Waals surface area contributed by atoms with Gasteiger partial charge in [-0.05, 0) is 67.4 Å². The smallest absolute Gasteiger partial charge is 0.291 e. The van der Waals surface area contributed by atoms with Gasteiger partial charge in [-0.2, -0.15) is 0 Å². The zero-order chi connectivity index (χ0) is 25.5. The van der Waals surface area contributed by atoms with E-state index in [0.29, 0.717) is 41.6 Å². The molecule has 0 bridgehead atoms. The number of carbonyl (C=O) groups excluding carboxylic acids is 3. The quantitative estimate of drug-likeness (QED) is 0.147. The highest BCUT2D eigenvalue weighted by Crippen LogP contribution is 2.40. The summed E-state index contributed by atoms with van der Waals surface area (Å²) in [5, 5.41) is 0. The normalized spacial score (nSPS) is 17.4. The molecule has 0 spiro atoms. The maximum absolute atomic E-state index is 13.6. The van der Waals surface area contributed by atoms with E-state index in [2.05, 4.69) is 6.92 Å². The van der Waals surface area contributed by atoms with E-state index in [4.69, 9.17) is 13.9 Å². The zero-order valence-corrected chi connectivity index (χ0v) is 20.6. The standard InChI is InChI=1S/C29H31NO6/c1-3-5-6-17-35-23-13-9-20(10-14-23)26-25(27(31)21-11-15-22(16-12-21)34-4-2)28(32)29(33)30(26)19-24-8-7-18-36-24/h7-16,18,25-26H,3-6,17,19H2,1-2H3. The summed E-state index contributed by atoms with van der Waals surface area (Å²) in [6.07, 6.45) is 4.70.